The maximum Gasteiger partial charge on any atom is 0.312 e. The summed E-state index contributed by atoms with van der Waals surface area (Å²) in [4.78, 5) is 11.9. The van der Waals surface area contributed by atoms with Crippen molar-refractivity contribution in [2.75, 3.05) is 6.61 Å². The minimum Gasteiger partial charge on any atom is -0.465 e. The molecule has 0 aromatic heterocycles. The Labute approximate surface area is 87.0 Å². The molecule has 0 atom stereocenters. The van der Waals surface area contributed by atoms with Gasteiger partial charge in [-0.1, -0.05) is 26.7 Å². The average Bonchev–Trinajstić information content (AvgIpc) is 2.32. The molecule has 1 rings (SSSR count). The van der Waals surface area contributed by atoms with Crippen LogP contribution in [0.3, 0.4) is 0 Å². The summed E-state index contributed by atoms with van der Waals surface area (Å²) in [5.74, 6) is 0.0682. The maximum atomic E-state index is 11.9. The van der Waals surface area contributed by atoms with Crippen LogP contribution in [0.25, 0.3) is 0 Å². The van der Waals surface area contributed by atoms with Crippen LogP contribution in [-0.2, 0) is 9.53 Å². The fourth-order valence-corrected chi connectivity index (χ4v) is 2.52. The van der Waals surface area contributed by atoms with E-state index in [0.717, 1.165) is 44.9 Å². The molecule has 1 saturated heterocycles. The second-order valence-corrected chi connectivity index (χ2v) is 4.37. The second-order valence-electron chi connectivity index (χ2n) is 4.37. The van der Waals surface area contributed by atoms with Crippen molar-refractivity contribution in [3.05, 3.63) is 0 Å². The standard InChI is InChI=1S/C12H22O2/c1-3-7-12(8-4-2)9-5-6-10-14-11(12)13/h3-10H2,1-2H3. The largest absolute Gasteiger partial charge is 0.465 e. The molecule has 0 aromatic rings. The Kier molecular flexibility index (Phi) is 4.43. The highest BCUT2D eigenvalue weighted by Gasteiger charge is 2.38. The zero-order chi connectivity index (χ0) is 10.4. The minimum absolute atomic E-state index is 0.0682. The highest BCUT2D eigenvalue weighted by atomic mass is 16.5. The number of cyclic esters (lactones) is 1. The molecule has 0 saturated carbocycles. The summed E-state index contributed by atoms with van der Waals surface area (Å²) in [7, 11) is 0. The van der Waals surface area contributed by atoms with Crippen LogP contribution in [0.15, 0.2) is 0 Å². The molecule has 0 radical (unpaired) electrons. The molecule has 2 nitrogen and oxygen atoms in total. The van der Waals surface area contributed by atoms with E-state index in [1.165, 1.54) is 0 Å². The highest BCUT2D eigenvalue weighted by molar-refractivity contribution is 5.77. The van der Waals surface area contributed by atoms with Crippen molar-refractivity contribution in [3.63, 3.8) is 0 Å². The van der Waals surface area contributed by atoms with E-state index in [9.17, 15) is 4.79 Å². The molecule has 0 spiro atoms. The van der Waals surface area contributed by atoms with Crippen LogP contribution in [0.2, 0.25) is 0 Å². The van der Waals surface area contributed by atoms with Crippen molar-refractivity contribution in [2.45, 2.75) is 58.8 Å². The average molecular weight is 198 g/mol. The van der Waals surface area contributed by atoms with E-state index in [0.29, 0.717) is 6.61 Å². The van der Waals surface area contributed by atoms with Crippen LogP contribution < -0.4 is 0 Å². The molecule has 0 amide bonds. The first kappa shape index (κ1) is 11.5. The van der Waals surface area contributed by atoms with Crippen LogP contribution in [0.1, 0.15) is 58.8 Å². The molecule has 1 aliphatic rings. The van der Waals surface area contributed by atoms with Crippen LogP contribution in [0.4, 0.5) is 0 Å². The predicted molar refractivity (Wildman–Crippen MR) is 57.1 cm³/mol. The zero-order valence-corrected chi connectivity index (χ0v) is 9.47. The molecule has 1 heterocycles. The van der Waals surface area contributed by atoms with Crippen LogP contribution in [-0.4, -0.2) is 12.6 Å². The van der Waals surface area contributed by atoms with Gasteiger partial charge in [0.25, 0.3) is 0 Å². The van der Waals surface area contributed by atoms with Gasteiger partial charge < -0.3 is 4.74 Å². The molecule has 82 valence electrons. The van der Waals surface area contributed by atoms with Gasteiger partial charge in [-0.2, -0.15) is 0 Å². The highest BCUT2D eigenvalue weighted by Crippen LogP contribution is 2.38. The molecule has 2 heteroatoms. The lowest BCUT2D eigenvalue weighted by Gasteiger charge is -2.28. The summed E-state index contributed by atoms with van der Waals surface area (Å²) < 4.78 is 5.28. The van der Waals surface area contributed by atoms with Crippen molar-refractivity contribution in [3.8, 4) is 0 Å². The van der Waals surface area contributed by atoms with Crippen molar-refractivity contribution in [1.82, 2.24) is 0 Å². The molecule has 0 unspecified atom stereocenters. The summed E-state index contributed by atoms with van der Waals surface area (Å²) in [5.41, 5.74) is -0.139. The van der Waals surface area contributed by atoms with E-state index in [1.807, 2.05) is 0 Å². The monoisotopic (exact) mass is 198 g/mol. The van der Waals surface area contributed by atoms with Gasteiger partial charge in [0, 0.05) is 0 Å². The van der Waals surface area contributed by atoms with Crippen molar-refractivity contribution in [1.29, 1.82) is 0 Å². The van der Waals surface area contributed by atoms with Gasteiger partial charge in [0.2, 0.25) is 0 Å². The van der Waals surface area contributed by atoms with E-state index in [-0.39, 0.29) is 11.4 Å². The smallest absolute Gasteiger partial charge is 0.312 e. The Morgan fingerprint density at radius 3 is 2.43 bits per heavy atom. The zero-order valence-electron chi connectivity index (χ0n) is 9.47. The van der Waals surface area contributed by atoms with Gasteiger partial charge in [-0.15, -0.1) is 0 Å². The van der Waals surface area contributed by atoms with Crippen molar-refractivity contribution >= 4 is 5.97 Å². The third-order valence-corrected chi connectivity index (χ3v) is 3.17. The van der Waals surface area contributed by atoms with Gasteiger partial charge in [0.05, 0.1) is 12.0 Å². The number of esters is 1. The molecule has 0 bridgehead atoms. The molecule has 1 fully saturated rings. The third kappa shape index (κ3) is 2.49. The molecule has 0 N–H and O–H groups in total. The van der Waals surface area contributed by atoms with E-state index < -0.39 is 0 Å². The Bertz CT molecular complexity index is 181. The maximum absolute atomic E-state index is 11.9. The normalized spacial score (nSPS) is 21.4. The number of carbonyl (C=O) groups excluding carboxylic acids is 1. The summed E-state index contributed by atoms with van der Waals surface area (Å²) in [6.07, 6.45) is 7.38. The number of ether oxygens (including phenoxy) is 1. The Morgan fingerprint density at radius 2 is 1.86 bits per heavy atom. The molecule has 0 aliphatic carbocycles. The Morgan fingerprint density at radius 1 is 1.21 bits per heavy atom. The first-order valence-electron chi connectivity index (χ1n) is 5.92. The number of hydrogen-bond donors (Lipinski definition) is 0. The van der Waals surface area contributed by atoms with Crippen molar-refractivity contribution in [2.24, 2.45) is 5.41 Å². The minimum atomic E-state index is -0.139. The fraction of sp³-hybridized carbons (Fsp3) is 0.917. The van der Waals surface area contributed by atoms with Gasteiger partial charge in [0.15, 0.2) is 0 Å². The van der Waals surface area contributed by atoms with Crippen LogP contribution >= 0.6 is 0 Å². The van der Waals surface area contributed by atoms with Crippen LogP contribution in [0.5, 0.6) is 0 Å². The summed E-state index contributed by atoms with van der Waals surface area (Å²) in [5, 5.41) is 0. The van der Waals surface area contributed by atoms with Gasteiger partial charge in [-0.3, -0.25) is 4.79 Å². The first-order chi connectivity index (χ1) is 6.75. The van der Waals surface area contributed by atoms with Gasteiger partial charge in [-0.05, 0) is 32.1 Å². The molecule has 0 aromatic carbocycles. The molecular weight excluding hydrogens is 176 g/mol. The lowest BCUT2D eigenvalue weighted by Crippen LogP contribution is -2.31. The summed E-state index contributed by atoms with van der Waals surface area (Å²) in [6, 6.07) is 0. The topological polar surface area (TPSA) is 26.3 Å². The number of hydrogen-bond acceptors (Lipinski definition) is 2. The van der Waals surface area contributed by atoms with E-state index in [2.05, 4.69) is 13.8 Å². The van der Waals surface area contributed by atoms with Crippen LogP contribution in [0, 0.1) is 5.41 Å². The quantitative estimate of drug-likeness (QED) is 0.648. The molecule has 14 heavy (non-hydrogen) atoms. The van der Waals surface area contributed by atoms with Crippen molar-refractivity contribution < 1.29 is 9.53 Å². The summed E-state index contributed by atoms with van der Waals surface area (Å²) in [6.45, 7) is 4.93. The lowest BCUT2D eigenvalue weighted by atomic mass is 9.76. The lowest BCUT2D eigenvalue weighted by molar-refractivity contribution is -0.155. The second kappa shape index (κ2) is 5.38. The number of carbonyl (C=O) groups is 1. The Hall–Kier alpha value is -0.530. The molecular formula is C12H22O2. The third-order valence-electron chi connectivity index (χ3n) is 3.17. The SMILES string of the molecule is CCCC1(CCC)CCCCOC1=O. The summed E-state index contributed by atoms with van der Waals surface area (Å²) >= 11 is 0. The van der Waals surface area contributed by atoms with Gasteiger partial charge in [0.1, 0.15) is 0 Å². The predicted octanol–water partition coefficient (Wildman–Crippen LogP) is 3.30. The molecule has 1 aliphatic heterocycles. The van der Waals surface area contributed by atoms with Gasteiger partial charge in [-0.25, -0.2) is 0 Å². The first-order valence-corrected chi connectivity index (χ1v) is 5.92. The van der Waals surface area contributed by atoms with E-state index >= 15 is 0 Å². The van der Waals surface area contributed by atoms with E-state index in [1.54, 1.807) is 0 Å². The van der Waals surface area contributed by atoms with Gasteiger partial charge >= 0.3 is 5.97 Å². The number of rotatable bonds is 4. The van der Waals surface area contributed by atoms with E-state index in [4.69, 9.17) is 4.74 Å². The Balaban J connectivity index is 2.73. The fourth-order valence-electron chi connectivity index (χ4n) is 2.52.